The Balaban J connectivity index is 1.60. The van der Waals surface area contributed by atoms with Gasteiger partial charge in [-0.25, -0.2) is 13.9 Å². The maximum atomic E-state index is 13.3. The Bertz CT molecular complexity index is 1230. The highest BCUT2D eigenvalue weighted by Crippen LogP contribution is 2.18. The van der Waals surface area contributed by atoms with Crippen molar-refractivity contribution in [1.82, 2.24) is 18.9 Å². The van der Waals surface area contributed by atoms with Gasteiger partial charge < -0.3 is 5.32 Å². The maximum Gasteiger partial charge on any atom is 0.328 e. The van der Waals surface area contributed by atoms with E-state index < -0.39 is 5.91 Å². The number of fused-ring (bicyclic) bond motifs is 1. The number of anilines is 1. The van der Waals surface area contributed by atoms with Crippen LogP contribution < -0.4 is 11.0 Å². The molecule has 0 fully saturated rings. The second-order valence-electron chi connectivity index (χ2n) is 6.18. The van der Waals surface area contributed by atoms with Gasteiger partial charge in [0.25, 0.3) is 5.91 Å². The number of hydrogen-bond acceptors (Lipinski definition) is 3. The van der Waals surface area contributed by atoms with Crippen molar-refractivity contribution >= 4 is 22.6 Å². The third kappa shape index (κ3) is 2.91. The molecule has 0 aliphatic heterocycles. The lowest BCUT2D eigenvalue weighted by Crippen LogP contribution is -2.19. The molecule has 0 unspecified atom stereocenters. The van der Waals surface area contributed by atoms with Crippen LogP contribution in [0.3, 0.4) is 0 Å². The first-order chi connectivity index (χ1) is 12.9. The summed E-state index contributed by atoms with van der Waals surface area (Å²) in [7, 11) is 3.37. The fourth-order valence-corrected chi connectivity index (χ4v) is 2.99. The molecular weight excluding hydrogens is 349 g/mol. The summed E-state index contributed by atoms with van der Waals surface area (Å²) in [4.78, 5) is 24.5. The molecule has 2 aromatic heterocycles. The molecule has 1 N–H and O–H groups in total. The van der Waals surface area contributed by atoms with E-state index in [9.17, 15) is 14.0 Å². The highest BCUT2D eigenvalue weighted by molar-refractivity contribution is 6.03. The lowest BCUT2D eigenvalue weighted by Gasteiger charge is -2.05. The van der Waals surface area contributed by atoms with Gasteiger partial charge in [0.15, 0.2) is 5.69 Å². The van der Waals surface area contributed by atoms with Crippen LogP contribution in [-0.4, -0.2) is 24.8 Å². The molecule has 0 spiro atoms. The Hall–Kier alpha value is -3.68. The van der Waals surface area contributed by atoms with Crippen molar-refractivity contribution in [3.63, 3.8) is 0 Å². The van der Waals surface area contributed by atoms with Gasteiger partial charge in [0.2, 0.25) is 0 Å². The molecule has 4 rings (SSSR count). The van der Waals surface area contributed by atoms with Crippen LogP contribution in [0.5, 0.6) is 0 Å². The van der Waals surface area contributed by atoms with Crippen molar-refractivity contribution in [2.45, 2.75) is 0 Å². The first-order valence-electron chi connectivity index (χ1n) is 8.22. The zero-order chi connectivity index (χ0) is 19.1. The van der Waals surface area contributed by atoms with Crippen LogP contribution in [-0.2, 0) is 14.1 Å². The minimum Gasteiger partial charge on any atom is -0.321 e. The number of carbonyl (C=O) groups is 1. The lowest BCUT2D eigenvalue weighted by molar-refractivity contribution is 0.102. The molecule has 27 heavy (non-hydrogen) atoms. The van der Waals surface area contributed by atoms with Gasteiger partial charge in [0.05, 0.1) is 16.7 Å². The Kier molecular flexibility index (Phi) is 3.88. The number of amides is 1. The largest absolute Gasteiger partial charge is 0.328 e. The molecule has 0 bridgehead atoms. The Labute approximate surface area is 153 Å². The standard InChI is InChI=1S/C19H16FN5O2/c1-23-16-7-6-13(11-17(16)24(2)19(23)27)21-18(26)15-8-9-25(22-15)14-5-3-4-12(20)10-14/h3-11H,1-2H3,(H,21,26). The zero-order valence-electron chi connectivity index (χ0n) is 14.7. The highest BCUT2D eigenvalue weighted by Gasteiger charge is 2.13. The third-order valence-corrected chi connectivity index (χ3v) is 4.42. The fraction of sp³-hybridized carbons (Fsp3) is 0.105. The van der Waals surface area contributed by atoms with Crippen molar-refractivity contribution in [3.05, 3.63) is 76.7 Å². The van der Waals surface area contributed by atoms with Gasteiger partial charge in [-0.15, -0.1) is 0 Å². The average molecular weight is 365 g/mol. The number of imidazole rings is 1. The molecule has 2 aromatic carbocycles. The lowest BCUT2D eigenvalue weighted by atomic mass is 10.2. The smallest absolute Gasteiger partial charge is 0.321 e. The van der Waals surface area contributed by atoms with Gasteiger partial charge in [-0.3, -0.25) is 13.9 Å². The predicted octanol–water partition coefficient (Wildman–Crippen LogP) is 2.45. The second-order valence-corrected chi connectivity index (χ2v) is 6.18. The Morgan fingerprint density at radius 2 is 1.81 bits per heavy atom. The summed E-state index contributed by atoms with van der Waals surface area (Å²) in [5.41, 5.74) is 2.62. The molecular formula is C19H16FN5O2. The van der Waals surface area contributed by atoms with Crippen molar-refractivity contribution in [3.8, 4) is 5.69 Å². The van der Waals surface area contributed by atoms with E-state index in [1.807, 2.05) is 0 Å². The molecule has 4 aromatic rings. The average Bonchev–Trinajstić information content (AvgIpc) is 3.23. The van der Waals surface area contributed by atoms with E-state index in [4.69, 9.17) is 0 Å². The summed E-state index contributed by atoms with van der Waals surface area (Å²) in [5, 5.41) is 6.96. The molecule has 0 aliphatic carbocycles. The molecule has 7 nitrogen and oxygen atoms in total. The van der Waals surface area contributed by atoms with Crippen molar-refractivity contribution < 1.29 is 9.18 Å². The minimum absolute atomic E-state index is 0.137. The first-order valence-corrected chi connectivity index (χ1v) is 8.22. The number of rotatable bonds is 3. The number of carbonyl (C=O) groups excluding carboxylic acids is 1. The van der Waals surface area contributed by atoms with Crippen LogP contribution >= 0.6 is 0 Å². The maximum absolute atomic E-state index is 13.3. The number of aryl methyl sites for hydroxylation is 2. The topological polar surface area (TPSA) is 73.8 Å². The van der Waals surface area contributed by atoms with Gasteiger partial charge in [0, 0.05) is 26.0 Å². The minimum atomic E-state index is -0.398. The second kappa shape index (κ2) is 6.24. The van der Waals surface area contributed by atoms with Crippen molar-refractivity contribution in [2.75, 3.05) is 5.32 Å². The van der Waals surface area contributed by atoms with E-state index in [0.29, 0.717) is 16.9 Å². The Morgan fingerprint density at radius 3 is 2.59 bits per heavy atom. The van der Waals surface area contributed by atoms with Gasteiger partial charge in [0.1, 0.15) is 5.82 Å². The van der Waals surface area contributed by atoms with E-state index >= 15 is 0 Å². The van der Waals surface area contributed by atoms with E-state index in [2.05, 4.69) is 10.4 Å². The monoisotopic (exact) mass is 365 g/mol. The quantitative estimate of drug-likeness (QED) is 0.606. The number of nitrogens with one attached hydrogen (secondary N) is 1. The summed E-state index contributed by atoms with van der Waals surface area (Å²) in [6.45, 7) is 0. The van der Waals surface area contributed by atoms with Crippen LogP contribution in [0.4, 0.5) is 10.1 Å². The number of benzene rings is 2. The molecule has 0 saturated carbocycles. The molecule has 0 saturated heterocycles. The zero-order valence-corrected chi connectivity index (χ0v) is 14.7. The predicted molar refractivity (Wildman–Crippen MR) is 99.6 cm³/mol. The normalized spacial score (nSPS) is 11.1. The number of hydrogen-bond donors (Lipinski definition) is 1. The fourth-order valence-electron chi connectivity index (χ4n) is 2.99. The van der Waals surface area contributed by atoms with Gasteiger partial charge in [-0.2, -0.15) is 5.10 Å². The van der Waals surface area contributed by atoms with E-state index in [0.717, 1.165) is 5.52 Å². The van der Waals surface area contributed by atoms with E-state index in [1.165, 1.54) is 21.4 Å². The molecule has 2 heterocycles. The molecule has 136 valence electrons. The van der Waals surface area contributed by atoms with Crippen LogP contribution in [0.2, 0.25) is 0 Å². The highest BCUT2D eigenvalue weighted by atomic mass is 19.1. The number of aromatic nitrogens is 4. The summed E-state index contributed by atoms with van der Waals surface area (Å²) in [6.07, 6.45) is 1.59. The summed E-state index contributed by atoms with van der Waals surface area (Å²) < 4.78 is 17.8. The first kappa shape index (κ1) is 16.8. The van der Waals surface area contributed by atoms with Crippen LogP contribution in [0.25, 0.3) is 16.7 Å². The van der Waals surface area contributed by atoms with Gasteiger partial charge in [-0.05, 0) is 42.5 Å². The molecule has 8 heteroatoms. The molecule has 1 amide bonds. The summed E-state index contributed by atoms with van der Waals surface area (Å²) >= 11 is 0. The van der Waals surface area contributed by atoms with Crippen molar-refractivity contribution in [1.29, 1.82) is 0 Å². The summed E-state index contributed by atoms with van der Waals surface area (Å²) in [6, 6.07) is 12.7. The Morgan fingerprint density at radius 1 is 1.04 bits per heavy atom. The van der Waals surface area contributed by atoms with Gasteiger partial charge >= 0.3 is 5.69 Å². The number of nitrogens with zero attached hydrogens (tertiary/aromatic N) is 4. The van der Waals surface area contributed by atoms with E-state index in [-0.39, 0.29) is 17.2 Å². The van der Waals surface area contributed by atoms with Gasteiger partial charge in [-0.1, -0.05) is 6.07 Å². The van der Waals surface area contributed by atoms with Crippen LogP contribution in [0, 0.1) is 5.82 Å². The molecule has 0 atom stereocenters. The summed E-state index contributed by atoms with van der Waals surface area (Å²) in [5.74, 6) is -0.777. The van der Waals surface area contributed by atoms with Crippen LogP contribution in [0.15, 0.2) is 59.5 Å². The molecule has 0 radical (unpaired) electrons. The SMILES string of the molecule is Cn1c(=O)n(C)c2cc(NC(=O)c3ccn(-c4cccc(F)c4)n3)ccc21. The molecule has 0 aliphatic rings. The number of halogens is 1. The van der Waals surface area contributed by atoms with Crippen LogP contribution in [0.1, 0.15) is 10.5 Å². The van der Waals surface area contributed by atoms with Crippen molar-refractivity contribution in [2.24, 2.45) is 14.1 Å². The third-order valence-electron chi connectivity index (χ3n) is 4.42. The van der Waals surface area contributed by atoms with E-state index in [1.54, 1.807) is 61.3 Å².